The van der Waals surface area contributed by atoms with Crippen molar-refractivity contribution in [2.24, 2.45) is 0 Å². The zero-order valence-electron chi connectivity index (χ0n) is 20.2. The number of rotatable bonds is 11. The van der Waals surface area contributed by atoms with Gasteiger partial charge < -0.3 is 29.2 Å². The van der Waals surface area contributed by atoms with Crippen LogP contribution in [0.25, 0.3) is 10.9 Å². The molecule has 2 N–H and O–H groups in total. The number of fused-ring (bicyclic) bond motifs is 1. The van der Waals surface area contributed by atoms with Gasteiger partial charge in [-0.1, -0.05) is 30.3 Å². The Hall–Kier alpha value is -3.97. The molecule has 0 amide bonds. The quantitative estimate of drug-likeness (QED) is 0.306. The number of nitrogens with one attached hydrogen (secondary N) is 1. The van der Waals surface area contributed by atoms with Crippen LogP contribution in [0.2, 0.25) is 0 Å². The predicted molar refractivity (Wildman–Crippen MR) is 136 cm³/mol. The summed E-state index contributed by atoms with van der Waals surface area (Å²) in [5, 5.41) is 14.5. The van der Waals surface area contributed by atoms with Gasteiger partial charge in [-0.15, -0.1) is 0 Å². The molecule has 0 aliphatic carbocycles. The van der Waals surface area contributed by atoms with E-state index in [4.69, 9.17) is 14.2 Å². The number of ether oxygens (including phenoxy) is 3. The average molecular weight is 475 g/mol. The van der Waals surface area contributed by atoms with Crippen molar-refractivity contribution < 1.29 is 24.1 Å². The average Bonchev–Trinajstić information content (AvgIpc) is 3.19. The van der Waals surface area contributed by atoms with Crippen molar-refractivity contribution in [2.45, 2.75) is 19.5 Å². The van der Waals surface area contributed by atoms with E-state index in [1.165, 1.54) is 0 Å². The Morgan fingerprint density at radius 1 is 0.914 bits per heavy atom. The van der Waals surface area contributed by atoms with E-state index in [-0.39, 0.29) is 5.69 Å². The highest BCUT2D eigenvalue weighted by Gasteiger charge is 2.23. The summed E-state index contributed by atoms with van der Waals surface area (Å²) in [5.74, 6) is 1.32. The molecule has 4 aromatic rings. The first kappa shape index (κ1) is 24.2. The molecule has 0 aliphatic heterocycles. The molecule has 0 aliphatic rings. The molecule has 0 fully saturated rings. The number of methoxy groups -OCH3 is 3. The Balaban J connectivity index is 1.65. The highest BCUT2D eigenvalue weighted by molar-refractivity contribution is 5.98. The number of hydrogen-bond acceptors (Lipinski definition) is 5. The number of para-hydroxylation sites is 1. The Morgan fingerprint density at radius 3 is 2.31 bits per heavy atom. The molecule has 4 rings (SSSR count). The van der Waals surface area contributed by atoms with E-state index >= 15 is 0 Å². The van der Waals surface area contributed by atoms with E-state index in [0.29, 0.717) is 25.4 Å². The molecule has 182 valence electrons. The van der Waals surface area contributed by atoms with Crippen molar-refractivity contribution in [1.82, 2.24) is 9.88 Å². The molecule has 7 nitrogen and oxygen atoms in total. The standard InChI is InChI=1S/C28H30N2O5/c1-33-21-10-8-19(9-11-21)18-30-25-16-22(34-2)12-13-23(25)24(27(30)28(31)32)17-29-15-14-20-6-4-5-7-26(20)35-3/h4-13,16,29H,14-15,17-18H2,1-3H3,(H,31,32). The molecule has 0 saturated carbocycles. The fourth-order valence-electron chi connectivity index (χ4n) is 4.38. The van der Waals surface area contributed by atoms with Crippen molar-refractivity contribution in [3.8, 4) is 17.2 Å². The number of carboxylic acid groups (broad SMARTS) is 1. The third-order valence-electron chi connectivity index (χ3n) is 6.14. The van der Waals surface area contributed by atoms with Gasteiger partial charge in [0.05, 0.1) is 26.8 Å². The van der Waals surface area contributed by atoms with E-state index in [1.54, 1.807) is 21.3 Å². The third-order valence-corrected chi connectivity index (χ3v) is 6.14. The smallest absolute Gasteiger partial charge is 0.352 e. The van der Waals surface area contributed by atoms with Crippen LogP contribution in [0.5, 0.6) is 17.2 Å². The molecule has 7 heteroatoms. The summed E-state index contributed by atoms with van der Waals surface area (Å²) < 4.78 is 18.0. The number of carboxylic acids is 1. The SMILES string of the molecule is COc1ccc(Cn2c(C(=O)O)c(CNCCc3ccccc3OC)c3ccc(OC)cc32)cc1. The Bertz CT molecular complexity index is 1310. The highest BCUT2D eigenvalue weighted by atomic mass is 16.5. The van der Waals surface area contributed by atoms with Gasteiger partial charge in [0.25, 0.3) is 0 Å². The van der Waals surface area contributed by atoms with Crippen LogP contribution < -0.4 is 19.5 Å². The molecule has 0 saturated heterocycles. The predicted octanol–water partition coefficient (Wildman–Crippen LogP) is 4.75. The molecule has 0 unspecified atom stereocenters. The van der Waals surface area contributed by atoms with Gasteiger partial charge in [0.1, 0.15) is 22.9 Å². The van der Waals surface area contributed by atoms with Gasteiger partial charge >= 0.3 is 5.97 Å². The van der Waals surface area contributed by atoms with Crippen LogP contribution in [0, 0.1) is 0 Å². The van der Waals surface area contributed by atoms with Gasteiger partial charge in [-0.2, -0.15) is 0 Å². The van der Waals surface area contributed by atoms with Gasteiger partial charge in [0.2, 0.25) is 0 Å². The van der Waals surface area contributed by atoms with E-state index in [2.05, 4.69) is 5.32 Å². The number of aromatic carboxylic acids is 1. The number of carbonyl (C=O) groups is 1. The second kappa shape index (κ2) is 11.0. The van der Waals surface area contributed by atoms with E-state index < -0.39 is 5.97 Å². The maximum absolute atomic E-state index is 12.5. The molecule has 0 bridgehead atoms. The second-order valence-corrected chi connectivity index (χ2v) is 8.19. The van der Waals surface area contributed by atoms with Crippen molar-refractivity contribution in [1.29, 1.82) is 0 Å². The Morgan fingerprint density at radius 2 is 1.63 bits per heavy atom. The zero-order chi connectivity index (χ0) is 24.8. The fourth-order valence-corrected chi connectivity index (χ4v) is 4.38. The van der Waals surface area contributed by atoms with Gasteiger partial charge in [0, 0.05) is 30.1 Å². The highest BCUT2D eigenvalue weighted by Crippen LogP contribution is 2.31. The summed E-state index contributed by atoms with van der Waals surface area (Å²) in [6.45, 7) is 1.52. The van der Waals surface area contributed by atoms with Crippen molar-refractivity contribution in [3.05, 3.63) is 89.1 Å². The molecule has 0 spiro atoms. The molecule has 0 atom stereocenters. The van der Waals surface area contributed by atoms with E-state index in [9.17, 15) is 9.90 Å². The lowest BCUT2D eigenvalue weighted by molar-refractivity contribution is 0.0684. The molecular formula is C28H30N2O5. The minimum Gasteiger partial charge on any atom is -0.497 e. The molecule has 1 heterocycles. The van der Waals surface area contributed by atoms with Crippen LogP contribution >= 0.6 is 0 Å². The van der Waals surface area contributed by atoms with Crippen LogP contribution in [0.3, 0.4) is 0 Å². The minimum absolute atomic E-state index is 0.272. The van der Waals surface area contributed by atoms with Gasteiger partial charge in [0.15, 0.2) is 0 Å². The zero-order valence-corrected chi connectivity index (χ0v) is 20.2. The number of hydrogen-bond donors (Lipinski definition) is 2. The van der Waals surface area contributed by atoms with Gasteiger partial charge in [-0.05, 0) is 54.4 Å². The van der Waals surface area contributed by atoms with Crippen molar-refractivity contribution in [2.75, 3.05) is 27.9 Å². The van der Waals surface area contributed by atoms with Crippen molar-refractivity contribution in [3.63, 3.8) is 0 Å². The summed E-state index contributed by atoms with van der Waals surface area (Å²) in [6.07, 6.45) is 0.769. The molecule has 3 aromatic carbocycles. The van der Waals surface area contributed by atoms with Crippen LogP contribution in [-0.4, -0.2) is 43.5 Å². The lowest BCUT2D eigenvalue weighted by Crippen LogP contribution is -2.19. The van der Waals surface area contributed by atoms with E-state index in [1.807, 2.05) is 71.3 Å². The van der Waals surface area contributed by atoms with Crippen LogP contribution in [0.15, 0.2) is 66.7 Å². The molecule has 35 heavy (non-hydrogen) atoms. The minimum atomic E-state index is -0.963. The van der Waals surface area contributed by atoms with Gasteiger partial charge in [-0.3, -0.25) is 0 Å². The molecular weight excluding hydrogens is 444 g/mol. The fraction of sp³-hybridized carbons (Fsp3) is 0.250. The third kappa shape index (κ3) is 5.25. The summed E-state index contributed by atoms with van der Waals surface area (Å²) in [4.78, 5) is 12.5. The first-order valence-electron chi connectivity index (χ1n) is 11.4. The van der Waals surface area contributed by atoms with Crippen LogP contribution in [0.1, 0.15) is 27.2 Å². The maximum Gasteiger partial charge on any atom is 0.352 e. The first-order valence-corrected chi connectivity index (χ1v) is 11.4. The van der Waals surface area contributed by atoms with Crippen LogP contribution in [0.4, 0.5) is 0 Å². The van der Waals surface area contributed by atoms with Gasteiger partial charge in [-0.25, -0.2) is 4.79 Å². The first-order chi connectivity index (χ1) is 17.0. The van der Waals surface area contributed by atoms with Crippen LogP contribution in [-0.2, 0) is 19.5 Å². The lowest BCUT2D eigenvalue weighted by atomic mass is 10.1. The summed E-state index contributed by atoms with van der Waals surface area (Å²) >= 11 is 0. The summed E-state index contributed by atoms with van der Waals surface area (Å²) in [7, 11) is 4.89. The second-order valence-electron chi connectivity index (χ2n) is 8.19. The molecule has 0 radical (unpaired) electrons. The normalized spacial score (nSPS) is 10.9. The maximum atomic E-state index is 12.5. The number of nitrogens with zero attached hydrogens (tertiary/aromatic N) is 1. The monoisotopic (exact) mass is 474 g/mol. The summed E-state index contributed by atoms with van der Waals surface area (Å²) in [5.41, 5.74) is 3.92. The number of aromatic nitrogens is 1. The topological polar surface area (TPSA) is 82.0 Å². The number of benzene rings is 3. The lowest BCUT2D eigenvalue weighted by Gasteiger charge is -2.11. The summed E-state index contributed by atoms with van der Waals surface area (Å²) in [6, 6.07) is 21.2. The largest absolute Gasteiger partial charge is 0.497 e. The van der Waals surface area contributed by atoms with Crippen molar-refractivity contribution >= 4 is 16.9 Å². The Kier molecular flexibility index (Phi) is 7.57. The van der Waals surface area contributed by atoms with E-state index in [0.717, 1.165) is 45.5 Å². The Labute approximate surface area is 204 Å². The molecule has 1 aromatic heterocycles.